The van der Waals surface area contributed by atoms with Crippen molar-refractivity contribution >= 4 is 16.6 Å². The molecule has 0 bridgehead atoms. The minimum atomic E-state index is -1.64. The van der Waals surface area contributed by atoms with Gasteiger partial charge in [-0.05, 0) is 24.6 Å². The number of benzene rings is 1. The number of carbonyl (C=O) groups excluding carboxylic acids is 1. The van der Waals surface area contributed by atoms with E-state index in [0.29, 0.717) is 19.6 Å². The van der Waals surface area contributed by atoms with Gasteiger partial charge in [-0.2, -0.15) is 0 Å². The van der Waals surface area contributed by atoms with Crippen LogP contribution in [0.2, 0.25) is 0 Å². The van der Waals surface area contributed by atoms with Gasteiger partial charge >= 0.3 is 0 Å². The van der Waals surface area contributed by atoms with Crippen LogP contribution in [-0.4, -0.2) is 29.0 Å². The lowest BCUT2D eigenvalue weighted by atomic mass is 10.1. The Morgan fingerprint density at radius 1 is 1.39 bits per heavy atom. The molecular weight excluding hydrogens is 262 g/mol. The zero-order valence-corrected chi connectivity index (χ0v) is 10.3. The van der Waals surface area contributed by atoms with Crippen LogP contribution in [0.15, 0.2) is 23.1 Å². The molecule has 0 radical (unpaired) electrons. The first kappa shape index (κ1) is 13.3. The predicted octanol–water partition coefficient (Wildman–Crippen LogP) is 1.68. The molecule has 98 valence electrons. The molecule has 1 fully saturated rings. The van der Waals surface area contributed by atoms with Gasteiger partial charge in [-0.1, -0.05) is 0 Å². The third kappa shape index (κ3) is 3.00. The van der Waals surface area contributed by atoms with Gasteiger partial charge < -0.3 is 4.74 Å². The summed E-state index contributed by atoms with van der Waals surface area (Å²) in [6, 6.07) is 3.00. The fourth-order valence-corrected chi connectivity index (χ4v) is 2.85. The average Bonchev–Trinajstić information content (AvgIpc) is 2.86. The van der Waals surface area contributed by atoms with E-state index in [9.17, 15) is 17.8 Å². The van der Waals surface area contributed by atoms with Gasteiger partial charge in [0.2, 0.25) is 0 Å². The van der Waals surface area contributed by atoms with Crippen LogP contribution in [0.4, 0.5) is 8.78 Å². The summed E-state index contributed by atoms with van der Waals surface area (Å²) in [7, 11) is -1.64. The summed E-state index contributed by atoms with van der Waals surface area (Å²) in [6.07, 6.45) is 0.633. The SMILES string of the molecule is O=C(CS(=O)c1ccc(F)c(F)c1)C1CCOC1. The molecule has 2 rings (SSSR count). The van der Waals surface area contributed by atoms with Crippen LogP contribution in [0.1, 0.15) is 6.42 Å². The van der Waals surface area contributed by atoms with Gasteiger partial charge in [0.1, 0.15) is 0 Å². The molecule has 2 unspecified atom stereocenters. The molecule has 3 nitrogen and oxygen atoms in total. The van der Waals surface area contributed by atoms with E-state index in [1.165, 1.54) is 6.07 Å². The van der Waals surface area contributed by atoms with E-state index >= 15 is 0 Å². The largest absolute Gasteiger partial charge is 0.381 e. The number of hydrogen-bond donors (Lipinski definition) is 0. The minimum absolute atomic E-state index is 0.126. The molecule has 0 N–H and O–H groups in total. The lowest BCUT2D eigenvalue weighted by Gasteiger charge is -2.06. The second kappa shape index (κ2) is 5.67. The minimum Gasteiger partial charge on any atom is -0.381 e. The lowest BCUT2D eigenvalue weighted by molar-refractivity contribution is -0.120. The normalized spacial score (nSPS) is 20.9. The Labute approximate surface area is 106 Å². The lowest BCUT2D eigenvalue weighted by Crippen LogP contribution is -2.21. The molecule has 0 spiro atoms. The molecule has 0 aromatic heterocycles. The van der Waals surface area contributed by atoms with E-state index in [1.807, 2.05) is 0 Å². The second-order valence-electron chi connectivity index (χ2n) is 4.09. The maximum absolute atomic E-state index is 13.0. The van der Waals surface area contributed by atoms with E-state index in [4.69, 9.17) is 4.74 Å². The Morgan fingerprint density at radius 2 is 2.17 bits per heavy atom. The highest BCUT2D eigenvalue weighted by atomic mass is 32.2. The molecule has 2 atom stereocenters. The van der Waals surface area contributed by atoms with Gasteiger partial charge in [-0.15, -0.1) is 0 Å². The molecule has 18 heavy (non-hydrogen) atoms. The number of ether oxygens (including phenoxy) is 1. The number of carbonyl (C=O) groups is 1. The van der Waals surface area contributed by atoms with E-state index in [2.05, 4.69) is 0 Å². The van der Waals surface area contributed by atoms with Crippen LogP contribution in [0.5, 0.6) is 0 Å². The highest BCUT2D eigenvalue weighted by Crippen LogP contribution is 2.17. The first-order chi connectivity index (χ1) is 8.58. The number of ketones is 1. The summed E-state index contributed by atoms with van der Waals surface area (Å²) in [5.74, 6) is -2.61. The van der Waals surface area contributed by atoms with Crippen molar-refractivity contribution in [1.29, 1.82) is 0 Å². The van der Waals surface area contributed by atoms with Gasteiger partial charge in [-0.3, -0.25) is 9.00 Å². The van der Waals surface area contributed by atoms with Crippen molar-refractivity contribution in [3.63, 3.8) is 0 Å². The van der Waals surface area contributed by atoms with Gasteiger partial charge in [0, 0.05) is 17.4 Å². The molecule has 1 aromatic rings. The van der Waals surface area contributed by atoms with Crippen molar-refractivity contribution in [2.24, 2.45) is 5.92 Å². The van der Waals surface area contributed by atoms with E-state index in [1.54, 1.807) is 0 Å². The van der Waals surface area contributed by atoms with Crippen molar-refractivity contribution in [2.45, 2.75) is 11.3 Å². The summed E-state index contributed by atoms with van der Waals surface area (Å²) < 4.78 is 42.6. The van der Waals surface area contributed by atoms with Gasteiger partial charge in [-0.25, -0.2) is 8.78 Å². The Kier molecular flexibility index (Phi) is 4.19. The van der Waals surface area contributed by atoms with Crippen molar-refractivity contribution in [3.05, 3.63) is 29.8 Å². The topological polar surface area (TPSA) is 43.4 Å². The van der Waals surface area contributed by atoms with E-state index < -0.39 is 22.4 Å². The van der Waals surface area contributed by atoms with E-state index in [-0.39, 0.29) is 22.3 Å². The molecule has 0 amide bonds. The van der Waals surface area contributed by atoms with E-state index in [0.717, 1.165) is 12.1 Å². The van der Waals surface area contributed by atoms with Crippen LogP contribution in [0, 0.1) is 17.6 Å². The summed E-state index contributed by atoms with van der Waals surface area (Å²) in [6.45, 7) is 0.891. The average molecular weight is 274 g/mol. The molecule has 0 aliphatic carbocycles. The molecule has 1 heterocycles. The smallest absolute Gasteiger partial charge is 0.160 e. The van der Waals surface area contributed by atoms with Crippen LogP contribution < -0.4 is 0 Å². The van der Waals surface area contributed by atoms with Crippen molar-refractivity contribution in [3.8, 4) is 0 Å². The first-order valence-electron chi connectivity index (χ1n) is 5.52. The number of rotatable bonds is 4. The first-order valence-corrected chi connectivity index (χ1v) is 6.83. The monoisotopic (exact) mass is 274 g/mol. The molecule has 0 saturated carbocycles. The summed E-state index contributed by atoms with van der Waals surface area (Å²) in [5.41, 5.74) is 0. The zero-order chi connectivity index (χ0) is 13.1. The standard InChI is InChI=1S/C12H12F2O3S/c13-10-2-1-9(5-11(10)14)18(16)7-12(15)8-3-4-17-6-8/h1-2,5,8H,3-4,6-7H2. The maximum Gasteiger partial charge on any atom is 0.160 e. The van der Waals surface area contributed by atoms with Crippen LogP contribution in [0.25, 0.3) is 0 Å². The van der Waals surface area contributed by atoms with Gasteiger partial charge in [0.05, 0.1) is 23.2 Å². The molecule has 6 heteroatoms. The number of Topliss-reactive ketones (excluding diaryl/α,β-unsaturated/α-hetero) is 1. The maximum atomic E-state index is 13.0. The summed E-state index contributed by atoms with van der Waals surface area (Å²) in [5, 5.41) is 0. The quantitative estimate of drug-likeness (QED) is 0.839. The second-order valence-corrected chi connectivity index (χ2v) is 5.54. The van der Waals surface area contributed by atoms with Crippen molar-refractivity contribution in [1.82, 2.24) is 0 Å². The predicted molar refractivity (Wildman–Crippen MR) is 61.6 cm³/mol. The summed E-state index contributed by atoms with van der Waals surface area (Å²) in [4.78, 5) is 11.9. The van der Waals surface area contributed by atoms with Crippen molar-refractivity contribution < 1.29 is 22.5 Å². The van der Waals surface area contributed by atoms with Crippen LogP contribution in [0.3, 0.4) is 0 Å². The number of halogens is 2. The fourth-order valence-electron chi connectivity index (χ4n) is 1.74. The highest BCUT2D eigenvalue weighted by molar-refractivity contribution is 7.85. The molecule has 1 saturated heterocycles. The Balaban J connectivity index is 2.02. The Morgan fingerprint density at radius 3 is 2.78 bits per heavy atom. The highest BCUT2D eigenvalue weighted by Gasteiger charge is 2.25. The third-order valence-electron chi connectivity index (χ3n) is 2.81. The zero-order valence-electron chi connectivity index (χ0n) is 9.53. The number of hydrogen-bond acceptors (Lipinski definition) is 3. The molecule has 1 aliphatic rings. The molecule has 1 aromatic carbocycles. The third-order valence-corrected chi connectivity index (χ3v) is 4.14. The fraction of sp³-hybridized carbons (Fsp3) is 0.417. The Bertz CT molecular complexity index is 484. The van der Waals surface area contributed by atoms with Crippen LogP contribution >= 0.6 is 0 Å². The van der Waals surface area contributed by atoms with Gasteiger partial charge in [0.15, 0.2) is 17.4 Å². The summed E-state index contributed by atoms with van der Waals surface area (Å²) >= 11 is 0. The van der Waals surface area contributed by atoms with Crippen molar-refractivity contribution in [2.75, 3.05) is 19.0 Å². The Hall–Kier alpha value is -1.14. The molecule has 1 aliphatic heterocycles. The van der Waals surface area contributed by atoms with Crippen LogP contribution in [-0.2, 0) is 20.3 Å². The van der Waals surface area contributed by atoms with Gasteiger partial charge in [0.25, 0.3) is 0 Å². The molecular formula is C12H12F2O3S.